The lowest BCUT2D eigenvalue weighted by atomic mass is 10.1. The SMILES string of the molecule is Cc1ncccc1C(=O)N1CCC(Cl)CC1. The van der Waals surface area contributed by atoms with E-state index in [-0.39, 0.29) is 11.3 Å². The number of hydrogen-bond donors (Lipinski definition) is 0. The Morgan fingerprint density at radius 3 is 2.81 bits per heavy atom. The predicted octanol–water partition coefficient (Wildman–Crippen LogP) is 2.23. The number of carbonyl (C=O) groups excluding carboxylic acids is 1. The van der Waals surface area contributed by atoms with Crippen LogP contribution in [0.1, 0.15) is 28.9 Å². The van der Waals surface area contributed by atoms with Crippen LogP contribution >= 0.6 is 11.6 Å². The summed E-state index contributed by atoms with van der Waals surface area (Å²) in [6, 6.07) is 3.63. The summed E-state index contributed by atoms with van der Waals surface area (Å²) in [7, 11) is 0. The summed E-state index contributed by atoms with van der Waals surface area (Å²) in [6.45, 7) is 3.37. The van der Waals surface area contributed by atoms with E-state index in [4.69, 9.17) is 11.6 Å². The van der Waals surface area contributed by atoms with Crippen molar-refractivity contribution in [2.24, 2.45) is 0 Å². The van der Waals surface area contributed by atoms with E-state index in [0.717, 1.165) is 31.6 Å². The highest BCUT2D eigenvalue weighted by Gasteiger charge is 2.23. The van der Waals surface area contributed by atoms with Gasteiger partial charge in [-0.2, -0.15) is 0 Å². The zero-order chi connectivity index (χ0) is 11.5. The fourth-order valence-corrected chi connectivity index (χ4v) is 2.13. The van der Waals surface area contributed by atoms with Gasteiger partial charge in [0.2, 0.25) is 0 Å². The lowest BCUT2D eigenvalue weighted by Gasteiger charge is -2.29. The minimum absolute atomic E-state index is 0.0779. The summed E-state index contributed by atoms with van der Waals surface area (Å²) in [5.41, 5.74) is 1.50. The fourth-order valence-electron chi connectivity index (χ4n) is 1.93. The van der Waals surface area contributed by atoms with Crippen LogP contribution in [0.5, 0.6) is 0 Å². The Kier molecular flexibility index (Phi) is 3.44. The molecule has 3 nitrogen and oxygen atoms in total. The molecule has 86 valence electrons. The van der Waals surface area contributed by atoms with E-state index in [9.17, 15) is 4.79 Å². The molecule has 0 saturated carbocycles. The first kappa shape index (κ1) is 11.4. The highest BCUT2D eigenvalue weighted by atomic mass is 35.5. The number of likely N-dealkylation sites (tertiary alicyclic amines) is 1. The van der Waals surface area contributed by atoms with Gasteiger partial charge in [-0.05, 0) is 31.9 Å². The highest BCUT2D eigenvalue weighted by Crippen LogP contribution is 2.18. The van der Waals surface area contributed by atoms with Gasteiger partial charge in [-0.3, -0.25) is 9.78 Å². The van der Waals surface area contributed by atoms with E-state index in [1.165, 1.54) is 0 Å². The first-order valence-corrected chi connectivity index (χ1v) is 5.97. The molecule has 1 aromatic rings. The van der Waals surface area contributed by atoms with Crippen molar-refractivity contribution in [1.82, 2.24) is 9.88 Å². The van der Waals surface area contributed by atoms with Gasteiger partial charge >= 0.3 is 0 Å². The number of rotatable bonds is 1. The molecule has 0 aromatic carbocycles. The van der Waals surface area contributed by atoms with Crippen molar-refractivity contribution >= 4 is 17.5 Å². The molecule has 0 unspecified atom stereocenters. The summed E-state index contributed by atoms with van der Waals surface area (Å²) in [5, 5.41) is 0.221. The third-order valence-electron chi connectivity index (χ3n) is 2.95. The van der Waals surface area contributed by atoms with Gasteiger partial charge in [-0.15, -0.1) is 11.6 Å². The smallest absolute Gasteiger partial charge is 0.255 e. The number of hydrogen-bond acceptors (Lipinski definition) is 2. The Morgan fingerprint density at radius 2 is 2.19 bits per heavy atom. The normalized spacial score (nSPS) is 17.5. The zero-order valence-electron chi connectivity index (χ0n) is 9.32. The zero-order valence-corrected chi connectivity index (χ0v) is 10.1. The number of alkyl halides is 1. The number of carbonyl (C=O) groups is 1. The molecule has 16 heavy (non-hydrogen) atoms. The molecule has 1 aromatic heterocycles. The molecular formula is C12H15ClN2O. The Hall–Kier alpha value is -1.09. The van der Waals surface area contributed by atoms with Crippen LogP contribution < -0.4 is 0 Å². The second kappa shape index (κ2) is 4.83. The molecule has 1 aliphatic heterocycles. The molecule has 2 rings (SSSR count). The lowest BCUT2D eigenvalue weighted by Crippen LogP contribution is -2.39. The second-order valence-corrected chi connectivity index (χ2v) is 4.72. The number of nitrogens with zero attached hydrogens (tertiary/aromatic N) is 2. The van der Waals surface area contributed by atoms with Crippen LogP contribution in [0, 0.1) is 6.92 Å². The van der Waals surface area contributed by atoms with Crippen molar-refractivity contribution in [3.63, 3.8) is 0 Å². The van der Waals surface area contributed by atoms with Crippen LogP contribution in [0.4, 0.5) is 0 Å². The van der Waals surface area contributed by atoms with Gasteiger partial charge in [0.1, 0.15) is 0 Å². The summed E-state index contributed by atoms with van der Waals surface area (Å²) < 4.78 is 0. The lowest BCUT2D eigenvalue weighted by molar-refractivity contribution is 0.0725. The maximum Gasteiger partial charge on any atom is 0.255 e. The Bertz CT molecular complexity index is 386. The molecule has 0 aliphatic carbocycles. The maximum absolute atomic E-state index is 12.2. The number of halogens is 1. The number of aryl methyl sites for hydroxylation is 1. The summed E-state index contributed by atoms with van der Waals surface area (Å²) >= 11 is 6.01. The van der Waals surface area contributed by atoms with E-state index >= 15 is 0 Å². The summed E-state index contributed by atoms with van der Waals surface area (Å²) in [4.78, 5) is 18.2. The van der Waals surface area contributed by atoms with Gasteiger partial charge in [0.25, 0.3) is 5.91 Å². The van der Waals surface area contributed by atoms with Crippen LogP contribution in [0.3, 0.4) is 0 Å². The third kappa shape index (κ3) is 2.35. The largest absolute Gasteiger partial charge is 0.338 e. The van der Waals surface area contributed by atoms with Crippen molar-refractivity contribution in [1.29, 1.82) is 0 Å². The number of amides is 1. The molecule has 1 fully saturated rings. The average molecular weight is 239 g/mol. The van der Waals surface area contributed by atoms with E-state index in [1.54, 1.807) is 12.3 Å². The molecule has 1 aliphatic rings. The molecule has 0 spiro atoms. The monoisotopic (exact) mass is 238 g/mol. The molecule has 1 amide bonds. The molecule has 4 heteroatoms. The Balaban J connectivity index is 2.11. The van der Waals surface area contributed by atoms with E-state index in [1.807, 2.05) is 17.9 Å². The van der Waals surface area contributed by atoms with Gasteiger partial charge in [-0.25, -0.2) is 0 Å². The van der Waals surface area contributed by atoms with E-state index < -0.39 is 0 Å². The molecule has 0 atom stereocenters. The van der Waals surface area contributed by atoms with E-state index in [0.29, 0.717) is 5.56 Å². The van der Waals surface area contributed by atoms with Gasteiger partial charge in [0.15, 0.2) is 0 Å². The maximum atomic E-state index is 12.2. The van der Waals surface area contributed by atoms with Crippen molar-refractivity contribution in [3.05, 3.63) is 29.6 Å². The first-order valence-electron chi connectivity index (χ1n) is 5.53. The van der Waals surface area contributed by atoms with Crippen LogP contribution in [0.15, 0.2) is 18.3 Å². The van der Waals surface area contributed by atoms with Gasteiger partial charge in [0, 0.05) is 30.4 Å². The Morgan fingerprint density at radius 1 is 1.50 bits per heavy atom. The summed E-state index contributed by atoms with van der Waals surface area (Å²) in [5.74, 6) is 0.0779. The molecule has 0 N–H and O–H groups in total. The van der Waals surface area contributed by atoms with Crippen molar-refractivity contribution in [3.8, 4) is 0 Å². The van der Waals surface area contributed by atoms with Crippen molar-refractivity contribution < 1.29 is 4.79 Å². The number of aromatic nitrogens is 1. The molecule has 1 saturated heterocycles. The second-order valence-electron chi connectivity index (χ2n) is 4.10. The van der Waals surface area contributed by atoms with Crippen LogP contribution in [0.2, 0.25) is 0 Å². The highest BCUT2D eigenvalue weighted by molar-refractivity contribution is 6.20. The molecule has 0 bridgehead atoms. The van der Waals surface area contributed by atoms with Crippen molar-refractivity contribution in [2.45, 2.75) is 25.1 Å². The number of pyridine rings is 1. The number of piperidine rings is 1. The fraction of sp³-hybridized carbons (Fsp3) is 0.500. The Labute approximate surface area is 100 Å². The minimum atomic E-state index is 0.0779. The summed E-state index contributed by atoms with van der Waals surface area (Å²) in [6.07, 6.45) is 3.47. The molecule has 0 radical (unpaired) electrons. The van der Waals surface area contributed by atoms with Crippen LogP contribution in [0.25, 0.3) is 0 Å². The van der Waals surface area contributed by atoms with Gasteiger partial charge in [0.05, 0.1) is 5.56 Å². The predicted molar refractivity (Wildman–Crippen MR) is 63.8 cm³/mol. The van der Waals surface area contributed by atoms with Crippen LogP contribution in [-0.4, -0.2) is 34.3 Å². The quantitative estimate of drug-likeness (QED) is 0.703. The first-order chi connectivity index (χ1) is 7.68. The third-order valence-corrected chi connectivity index (χ3v) is 3.39. The van der Waals surface area contributed by atoms with Crippen molar-refractivity contribution in [2.75, 3.05) is 13.1 Å². The molecular weight excluding hydrogens is 224 g/mol. The topological polar surface area (TPSA) is 33.2 Å². The van der Waals surface area contributed by atoms with Crippen LogP contribution in [-0.2, 0) is 0 Å². The molecule has 2 heterocycles. The van der Waals surface area contributed by atoms with Gasteiger partial charge in [-0.1, -0.05) is 0 Å². The average Bonchev–Trinajstić information content (AvgIpc) is 2.30. The standard InChI is InChI=1S/C12H15ClN2O/c1-9-11(3-2-6-14-9)12(16)15-7-4-10(13)5-8-15/h2-3,6,10H,4-5,7-8H2,1H3. The van der Waals surface area contributed by atoms with Gasteiger partial charge < -0.3 is 4.90 Å². The minimum Gasteiger partial charge on any atom is -0.338 e. The van der Waals surface area contributed by atoms with E-state index in [2.05, 4.69) is 4.98 Å².